The molecule has 15 heavy (non-hydrogen) atoms. The molecular weight excluding hydrogens is 212 g/mol. The summed E-state index contributed by atoms with van der Waals surface area (Å²) >= 11 is 1.14. The highest BCUT2D eigenvalue weighted by Gasteiger charge is 2.08. The number of hydrogen-bond donors (Lipinski definition) is 0. The van der Waals surface area contributed by atoms with Crippen LogP contribution in [0.2, 0.25) is 0 Å². The van der Waals surface area contributed by atoms with Crippen LogP contribution < -0.4 is 5.11 Å². The Morgan fingerprint density at radius 1 is 1.47 bits per heavy atom. The molecule has 0 saturated heterocycles. The monoisotopic (exact) mass is 217 g/mol. The van der Waals surface area contributed by atoms with Crippen molar-refractivity contribution in [3.63, 3.8) is 0 Å². The summed E-state index contributed by atoms with van der Waals surface area (Å²) < 4.78 is 1.86. The molecule has 3 rings (SSSR count). The summed E-state index contributed by atoms with van der Waals surface area (Å²) in [6, 6.07) is 7.25. The number of aromatic nitrogens is 2. The zero-order valence-electron chi connectivity index (χ0n) is 7.51. The molecular formula is C10H5N2O2S-. The van der Waals surface area contributed by atoms with Gasteiger partial charge in [0.2, 0.25) is 0 Å². The minimum Gasteiger partial charge on any atom is -0.544 e. The van der Waals surface area contributed by atoms with Crippen LogP contribution in [-0.4, -0.2) is 15.4 Å². The van der Waals surface area contributed by atoms with Crippen molar-refractivity contribution >= 4 is 33.3 Å². The number of fused-ring (bicyclic) bond motifs is 3. The Hall–Kier alpha value is -1.88. The summed E-state index contributed by atoms with van der Waals surface area (Å²) in [7, 11) is 0. The van der Waals surface area contributed by atoms with Crippen LogP contribution in [0.1, 0.15) is 9.67 Å². The molecule has 0 amide bonds. The molecule has 5 heteroatoms. The van der Waals surface area contributed by atoms with E-state index in [9.17, 15) is 9.90 Å². The topological polar surface area (TPSA) is 57.4 Å². The number of carbonyl (C=O) groups excluding carboxylic acids is 1. The molecule has 4 nitrogen and oxygen atoms in total. The lowest BCUT2D eigenvalue weighted by Crippen LogP contribution is -2.20. The summed E-state index contributed by atoms with van der Waals surface area (Å²) in [6.07, 6.45) is 1.86. The van der Waals surface area contributed by atoms with E-state index in [4.69, 9.17) is 0 Å². The van der Waals surface area contributed by atoms with Crippen LogP contribution in [0.4, 0.5) is 0 Å². The van der Waals surface area contributed by atoms with Crippen LogP contribution in [0.5, 0.6) is 0 Å². The number of imidazole rings is 1. The van der Waals surface area contributed by atoms with Crippen LogP contribution in [-0.2, 0) is 0 Å². The van der Waals surface area contributed by atoms with Crippen LogP contribution in [0, 0.1) is 0 Å². The molecule has 0 spiro atoms. The van der Waals surface area contributed by atoms with E-state index < -0.39 is 5.97 Å². The summed E-state index contributed by atoms with van der Waals surface area (Å²) in [6.45, 7) is 0. The molecule has 0 N–H and O–H groups in total. The zero-order valence-corrected chi connectivity index (χ0v) is 8.32. The highest BCUT2D eigenvalue weighted by atomic mass is 32.1. The number of hydrogen-bond acceptors (Lipinski definition) is 4. The van der Waals surface area contributed by atoms with Gasteiger partial charge in [-0.25, -0.2) is 4.98 Å². The maximum atomic E-state index is 10.7. The number of pyridine rings is 1. The van der Waals surface area contributed by atoms with Crippen molar-refractivity contribution in [2.75, 3.05) is 0 Å². The van der Waals surface area contributed by atoms with Gasteiger partial charge in [-0.1, -0.05) is 6.07 Å². The number of carboxylic acid groups (broad SMARTS) is 1. The number of carboxylic acids is 1. The van der Waals surface area contributed by atoms with Gasteiger partial charge in [-0.05, 0) is 18.2 Å². The quantitative estimate of drug-likeness (QED) is 0.608. The van der Waals surface area contributed by atoms with E-state index in [1.54, 1.807) is 6.07 Å². The first-order valence-corrected chi connectivity index (χ1v) is 5.15. The van der Waals surface area contributed by atoms with Gasteiger partial charge in [0, 0.05) is 6.20 Å². The molecule has 0 fully saturated rings. The third-order valence-corrected chi connectivity index (χ3v) is 3.21. The first kappa shape index (κ1) is 8.43. The van der Waals surface area contributed by atoms with E-state index in [1.807, 2.05) is 28.8 Å². The summed E-state index contributed by atoms with van der Waals surface area (Å²) in [5.74, 6) is -1.15. The van der Waals surface area contributed by atoms with Crippen molar-refractivity contribution in [1.82, 2.24) is 9.38 Å². The molecule has 0 unspecified atom stereocenters. The van der Waals surface area contributed by atoms with Crippen molar-refractivity contribution in [2.45, 2.75) is 0 Å². The molecule has 0 aliphatic heterocycles. The summed E-state index contributed by atoms with van der Waals surface area (Å²) in [5, 5.41) is 10.7. The molecule has 0 saturated carbocycles. The fraction of sp³-hybridized carbons (Fsp3) is 0. The van der Waals surface area contributed by atoms with Crippen LogP contribution in [0.25, 0.3) is 16.0 Å². The Morgan fingerprint density at radius 3 is 3.13 bits per heavy atom. The Kier molecular flexibility index (Phi) is 1.58. The van der Waals surface area contributed by atoms with E-state index in [0.717, 1.165) is 27.3 Å². The zero-order chi connectivity index (χ0) is 10.4. The molecule has 3 aromatic heterocycles. The largest absolute Gasteiger partial charge is 0.544 e. The van der Waals surface area contributed by atoms with Crippen LogP contribution >= 0.6 is 11.3 Å². The number of aromatic carboxylic acids is 1. The van der Waals surface area contributed by atoms with E-state index in [2.05, 4.69) is 4.98 Å². The standard InChI is InChI=1S/C10H6N2O2S/c13-10(14)7-5-6-9(15-7)11-8-3-1-2-4-12(6)8/h1-5H,(H,13,14)/p-1. The minimum atomic E-state index is -1.15. The fourth-order valence-electron chi connectivity index (χ4n) is 1.56. The highest BCUT2D eigenvalue weighted by Crippen LogP contribution is 2.25. The van der Waals surface area contributed by atoms with Gasteiger partial charge in [-0.15, -0.1) is 11.3 Å². The Labute approximate surface area is 88.4 Å². The van der Waals surface area contributed by atoms with Crippen molar-refractivity contribution in [2.24, 2.45) is 0 Å². The Bertz CT molecular complexity index is 668. The van der Waals surface area contributed by atoms with Crippen LogP contribution in [0.15, 0.2) is 30.5 Å². The molecule has 3 aromatic rings. The van der Waals surface area contributed by atoms with Crippen molar-refractivity contribution in [1.29, 1.82) is 0 Å². The Balaban J connectivity index is 2.42. The second-order valence-electron chi connectivity index (χ2n) is 3.13. The van der Waals surface area contributed by atoms with Crippen molar-refractivity contribution < 1.29 is 9.90 Å². The molecule has 0 aliphatic carbocycles. The van der Waals surface area contributed by atoms with Gasteiger partial charge >= 0.3 is 0 Å². The Morgan fingerprint density at radius 2 is 2.33 bits per heavy atom. The number of nitrogens with zero attached hydrogens (tertiary/aromatic N) is 2. The van der Waals surface area contributed by atoms with Crippen molar-refractivity contribution in [3.05, 3.63) is 35.3 Å². The molecule has 0 atom stereocenters. The van der Waals surface area contributed by atoms with Crippen molar-refractivity contribution in [3.8, 4) is 0 Å². The SMILES string of the molecule is O=C([O-])c1cc2c(nc3ccccn32)s1. The first-order chi connectivity index (χ1) is 7.25. The highest BCUT2D eigenvalue weighted by molar-refractivity contribution is 7.20. The van der Waals surface area contributed by atoms with E-state index in [1.165, 1.54) is 0 Å². The number of thiophene rings is 1. The molecule has 0 aliphatic rings. The normalized spacial score (nSPS) is 11.2. The third-order valence-electron chi connectivity index (χ3n) is 2.21. The van der Waals surface area contributed by atoms with E-state index >= 15 is 0 Å². The lowest BCUT2D eigenvalue weighted by Gasteiger charge is -1.94. The predicted molar refractivity (Wildman–Crippen MR) is 54.9 cm³/mol. The van der Waals surface area contributed by atoms with Gasteiger partial charge in [0.1, 0.15) is 10.5 Å². The second-order valence-corrected chi connectivity index (χ2v) is 4.16. The maximum Gasteiger partial charge on any atom is 0.143 e. The summed E-state index contributed by atoms with van der Waals surface area (Å²) in [5.41, 5.74) is 1.64. The lowest BCUT2D eigenvalue weighted by atomic mass is 10.4. The van der Waals surface area contributed by atoms with E-state index in [-0.39, 0.29) is 4.88 Å². The average molecular weight is 217 g/mol. The molecule has 0 bridgehead atoms. The number of carbonyl (C=O) groups is 1. The van der Waals surface area contributed by atoms with Gasteiger partial charge in [0.15, 0.2) is 0 Å². The first-order valence-electron chi connectivity index (χ1n) is 4.34. The molecule has 0 aromatic carbocycles. The van der Waals surface area contributed by atoms with Gasteiger partial charge < -0.3 is 9.90 Å². The lowest BCUT2D eigenvalue weighted by molar-refractivity contribution is -0.254. The average Bonchev–Trinajstić information content (AvgIpc) is 2.73. The molecule has 0 radical (unpaired) electrons. The van der Waals surface area contributed by atoms with Gasteiger partial charge in [0.05, 0.1) is 16.4 Å². The van der Waals surface area contributed by atoms with E-state index in [0.29, 0.717) is 0 Å². The number of rotatable bonds is 1. The second kappa shape index (κ2) is 2.80. The predicted octanol–water partition coefficient (Wildman–Crippen LogP) is 0.912. The third kappa shape index (κ3) is 1.13. The molecule has 3 heterocycles. The maximum absolute atomic E-state index is 10.7. The van der Waals surface area contributed by atoms with Gasteiger partial charge in [0.25, 0.3) is 0 Å². The van der Waals surface area contributed by atoms with Gasteiger partial charge in [-0.2, -0.15) is 0 Å². The fourth-order valence-corrected chi connectivity index (χ4v) is 2.42. The van der Waals surface area contributed by atoms with Gasteiger partial charge in [-0.3, -0.25) is 4.40 Å². The summed E-state index contributed by atoms with van der Waals surface area (Å²) in [4.78, 5) is 15.9. The molecule has 74 valence electrons. The van der Waals surface area contributed by atoms with Crippen LogP contribution in [0.3, 0.4) is 0 Å². The smallest absolute Gasteiger partial charge is 0.143 e. The minimum absolute atomic E-state index is 0.214.